The highest BCUT2D eigenvalue weighted by molar-refractivity contribution is 5.94. The van der Waals surface area contributed by atoms with Crippen molar-refractivity contribution in [1.29, 1.82) is 0 Å². The van der Waals surface area contributed by atoms with E-state index in [0.717, 1.165) is 59.6 Å². The van der Waals surface area contributed by atoms with E-state index in [-0.39, 0.29) is 25.1 Å². The molecule has 2 aromatic heterocycles. The number of carbonyl (C=O) groups is 1. The number of amides is 1. The van der Waals surface area contributed by atoms with Crippen molar-refractivity contribution in [1.82, 2.24) is 30.3 Å². The van der Waals surface area contributed by atoms with E-state index in [1.165, 1.54) is 0 Å². The number of piperidine rings is 1. The molecule has 4 aromatic rings. The fraction of sp³-hybridized carbons (Fsp3) is 0.320. The molecule has 174 valence electrons. The van der Waals surface area contributed by atoms with Gasteiger partial charge in [0.05, 0.1) is 18.2 Å². The fourth-order valence-electron chi connectivity index (χ4n) is 4.34. The number of aliphatic hydroxyl groups is 1. The van der Waals surface area contributed by atoms with Crippen LogP contribution in [0, 0.1) is 6.92 Å². The summed E-state index contributed by atoms with van der Waals surface area (Å²) >= 11 is 0. The van der Waals surface area contributed by atoms with Gasteiger partial charge in [-0.1, -0.05) is 23.4 Å². The molecule has 2 N–H and O–H groups in total. The van der Waals surface area contributed by atoms with E-state index < -0.39 is 0 Å². The first-order chi connectivity index (χ1) is 16.6. The maximum Gasteiger partial charge on any atom is 0.251 e. The quantitative estimate of drug-likeness (QED) is 0.458. The Morgan fingerprint density at radius 1 is 1.06 bits per heavy atom. The lowest BCUT2D eigenvalue weighted by Gasteiger charge is -2.32. The van der Waals surface area contributed by atoms with E-state index in [0.29, 0.717) is 5.56 Å². The number of rotatable bonds is 6. The number of benzene rings is 2. The first-order valence-electron chi connectivity index (χ1n) is 11.5. The van der Waals surface area contributed by atoms with Crippen LogP contribution in [0.4, 0.5) is 5.95 Å². The van der Waals surface area contributed by atoms with Crippen LogP contribution in [0.3, 0.4) is 0 Å². The van der Waals surface area contributed by atoms with Gasteiger partial charge in [0.2, 0.25) is 5.95 Å². The van der Waals surface area contributed by atoms with E-state index in [4.69, 9.17) is 5.11 Å². The second kappa shape index (κ2) is 9.56. The molecular formula is C25H27N7O2. The van der Waals surface area contributed by atoms with E-state index in [2.05, 4.69) is 42.6 Å². The number of aliphatic hydroxyl groups excluding tert-OH is 1. The molecule has 1 aliphatic rings. The van der Waals surface area contributed by atoms with Crippen molar-refractivity contribution in [2.45, 2.75) is 25.8 Å². The highest BCUT2D eigenvalue weighted by atomic mass is 16.3. The zero-order valence-electron chi connectivity index (χ0n) is 19.1. The van der Waals surface area contributed by atoms with Crippen molar-refractivity contribution >= 4 is 22.9 Å². The van der Waals surface area contributed by atoms with Crippen molar-refractivity contribution in [3.63, 3.8) is 0 Å². The number of aromatic nitrogens is 5. The Morgan fingerprint density at radius 2 is 1.76 bits per heavy atom. The summed E-state index contributed by atoms with van der Waals surface area (Å²) in [4.78, 5) is 23.2. The molecule has 0 saturated carbocycles. The zero-order valence-corrected chi connectivity index (χ0v) is 19.1. The van der Waals surface area contributed by atoms with E-state index in [9.17, 15) is 4.79 Å². The molecule has 0 bridgehead atoms. The Hall–Kier alpha value is -3.85. The Balaban J connectivity index is 1.29. The average molecular weight is 458 g/mol. The molecule has 1 fully saturated rings. The van der Waals surface area contributed by atoms with Crippen LogP contribution < -0.4 is 10.2 Å². The van der Waals surface area contributed by atoms with Crippen LogP contribution >= 0.6 is 0 Å². The number of nitrogens with zero attached hydrogens (tertiary/aromatic N) is 6. The molecule has 3 heterocycles. The lowest BCUT2D eigenvalue weighted by molar-refractivity contribution is 0.0945. The Bertz CT molecular complexity index is 1280. The maximum atomic E-state index is 12.0. The van der Waals surface area contributed by atoms with Gasteiger partial charge in [0.1, 0.15) is 5.52 Å². The Labute approximate surface area is 197 Å². The Morgan fingerprint density at radius 3 is 2.47 bits per heavy atom. The van der Waals surface area contributed by atoms with Crippen molar-refractivity contribution in [2.24, 2.45) is 0 Å². The molecular weight excluding hydrogens is 430 g/mol. The number of fused-ring (bicyclic) bond motifs is 1. The van der Waals surface area contributed by atoms with Gasteiger partial charge in [-0.25, -0.2) is 14.6 Å². The minimum absolute atomic E-state index is 0.0786. The van der Waals surface area contributed by atoms with Crippen molar-refractivity contribution in [2.75, 3.05) is 31.1 Å². The molecule has 1 saturated heterocycles. The average Bonchev–Trinajstić information content (AvgIpc) is 3.31. The monoisotopic (exact) mass is 457 g/mol. The molecule has 1 amide bonds. The second-order valence-electron chi connectivity index (χ2n) is 8.57. The van der Waals surface area contributed by atoms with Crippen LogP contribution in [-0.4, -0.2) is 62.2 Å². The smallest absolute Gasteiger partial charge is 0.251 e. The molecule has 1 aliphatic heterocycles. The van der Waals surface area contributed by atoms with Gasteiger partial charge in [-0.3, -0.25) is 4.79 Å². The number of hydrogen-bond donors (Lipinski definition) is 2. The van der Waals surface area contributed by atoms with Crippen LogP contribution in [0.5, 0.6) is 0 Å². The highest BCUT2D eigenvalue weighted by Gasteiger charge is 2.24. The highest BCUT2D eigenvalue weighted by Crippen LogP contribution is 2.29. The third kappa shape index (κ3) is 4.47. The minimum Gasteiger partial charge on any atom is -0.395 e. The van der Waals surface area contributed by atoms with Gasteiger partial charge in [0.15, 0.2) is 0 Å². The predicted octanol–water partition coefficient (Wildman–Crippen LogP) is 2.76. The normalized spacial score (nSPS) is 14.5. The van der Waals surface area contributed by atoms with Crippen LogP contribution in [0.1, 0.15) is 34.8 Å². The maximum absolute atomic E-state index is 12.0. The molecule has 9 nitrogen and oxygen atoms in total. The largest absolute Gasteiger partial charge is 0.395 e. The molecule has 0 aliphatic carbocycles. The number of nitrogens with one attached hydrogen (secondary N) is 1. The van der Waals surface area contributed by atoms with Crippen molar-refractivity contribution in [3.8, 4) is 11.1 Å². The van der Waals surface area contributed by atoms with Crippen LogP contribution in [0.25, 0.3) is 22.2 Å². The summed E-state index contributed by atoms with van der Waals surface area (Å²) in [5.74, 6) is 0.591. The Kier molecular flexibility index (Phi) is 6.18. The summed E-state index contributed by atoms with van der Waals surface area (Å²) in [5, 5.41) is 20.4. The van der Waals surface area contributed by atoms with Crippen molar-refractivity contribution in [3.05, 3.63) is 66.0 Å². The molecule has 5 rings (SSSR count). The van der Waals surface area contributed by atoms with Gasteiger partial charge in [-0.05, 0) is 60.7 Å². The number of carbonyl (C=O) groups excluding carboxylic acids is 1. The summed E-state index contributed by atoms with van der Waals surface area (Å²) in [6.45, 7) is 3.92. The van der Waals surface area contributed by atoms with E-state index in [1.54, 1.807) is 12.1 Å². The molecule has 9 heteroatoms. The molecule has 2 aromatic carbocycles. The fourth-order valence-corrected chi connectivity index (χ4v) is 4.34. The molecule has 0 spiro atoms. The topological polar surface area (TPSA) is 109 Å². The SMILES string of the molecule is Cc1cnc(N2CCC(n3nnc4cc(-c5ccc(C(=O)NCCO)cc5)ccc43)CC2)nc1. The minimum atomic E-state index is -0.195. The predicted molar refractivity (Wildman–Crippen MR) is 130 cm³/mol. The third-order valence-electron chi connectivity index (χ3n) is 6.21. The van der Waals surface area contributed by atoms with Crippen LogP contribution in [0.2, 0.25) is 0 Å². The van der Waals surface area contributed by atoms with Gasteiger partial charge >= 0.3 is 0 Å². The lowest BCUT2D eigenvalue weighted by Crippen LogP contribution is -2.36. The van der Waals surface area contributed by atoms with Gasteiger partial charge in [-0.15, -0.1) is 5.10 Å². The summed E-state index contributed by atoms with van der Waals surface area (Å²) in [6.07, 6.45) is 5.63. The van der Waals surface area contributed by atoms with Crippen LogP contribution in [-0.2, 0) is 0 Å². The molecule has 0 atom stereocenters. The number of hydrogen-bond acceptors (Lipinski definition) is 7. The number of aryl methyl sites for hydroxylation is 1. The summed E-state index contributed by atoms with van der Waals surface area (Å²) < 4.78 is 2.04. The number of anilines is 1. The standard InChI is InChI=1S/C25H27N7O2/c1-17-15-27-25(28-16-17)31-11-8-21(9-12-31)32-23-7-6-20(14-22(23)29-30-32)18-2-4-19(5-3-18)24(34)26-10-13-33/h2-7,14-16,21,33H,8-13H2,1H3,(H,26,34). The summed E-state index contributed by atoms with van der Waals surface area (Å²) in [6, 6.07) is 13.9. The second-order valence-corrected chi connectivity index (χ2v) is 8.57. The van der Waals surface area contributed by atoms with Crippen molar-refractivity contribution < 1.29 is 9.90 Å². The first-order valence-corrected chi connectivity index (χ1v) is 11.5. The van der Waals surface area contributed by atoms with E-state index in [1.807, 2.05) is 42.2 Å². The summed E-state index contributed by atoms with van der Waals surface area (Å²) in [5.41, 5.74) is 5.52. The van der Waals surface area contributed by atoms with Gasteiger partial charge < -0.3 is 15.3 Å². The molecule has 0 radical (unpaired) electrons. The lowest BCUT2D eigenvalue weighted by atomic mass is 10.0. The summed E-state index contributed by atoms with van der Waals surface area (Å²) in [7, 11) is 0. The zero-order chi connectivity index (χ0) is 23.5. The van der Waals surface area contributed by atoms with Crippen LogP contribution in [0.15, 0.2) is 54.9 Å². The van der Waals surface area contributed by atoms with Gasteiger partial charge in [0.25, 0.3) is 5.91 Å². The first kappa shape index (κ1) is 22.0. The molecule has 0 unspecified atom stereocenters. The van der Waals surface area contributed by atoms with Gasteiger partial charge in [-0.2, -0.15) is 0 Å². The van der Waals surface area contributed by atoms with Gasteiger partial charge in [0, 0.05) is 37.6 Å². The third-order valence-corrected chi connectivity index (χ3v) is 6.21. The molecule has 34 heavy (non-hydrogen) atoms. The van der Waals surface area contributed by atoms with E-state index >= 15 is 0 Å².